The molecule has 2 aromatic carbocycles. The first kappa shape index (κ1) is 17.5. The summed E-state index contributed by atoms with van der Waals surface area (Å²) in [6.07, 6.45) is 0.433. The lowest BCUT2D eigenvalue weighted by Crippen LogP contribution is -2.39. The van der Waals surface area contributed by atoms with Gasteiger partial charge in [-0.15, -0.1) is 0 Å². The lowest BCUT2D eigenvalue weighted by molar-refractivity contribution is 0.0461. The van der Waals surface area contributed by atoms with E-state index in [-0.39, 0.29) is 23.2 Å². The van der Waals surface area contributed by atoms with Gasteiger partial charge in [-0.2, -0.15) is 0 Å². The molecule has 2 aromatic rings. The van der Waals surface area contributed by atoms with Crippen LogP contribution in [-0.2, 0) is 0 Å². The summed E-state index contributed by atoms with van der Waals surface area (Å²) in [5.41, 5.74) is 0.753. The molecule has 1 unspecified atom stereocenters. The van der Waals surface area contributed by atoms with E-state index in [1.165, 1.54) is 18.2 Å². The number of likely N-dealkylation sites (tertiary alicyclic amines) is 1. The standard InChI is InChI=1S/C19H18F3NO2/c20-15-4-1-12(2-5-15)18(24)13-7-9-23(10-8-13)19(25)14-3-6-16(21)17(22)11-14/h1-6,11,13,18,24H,7-10H2. The Balaban J connectivity index is 1.62. The highest BCUT2D eigenvalue weighted by Crippen LogP contribution is 2.31. The summed E-state index contributed by atoms with van der Waals surface area (Å²) in [4.78, 5) is 13.9. The Labute approximate surface area is 143 Å². The molecule has 1 aliphatic heterocycles. The van der Waals surface area contributed by atoms with Gasteiger partial charge in [-0.05, 0) is 54.7 Å². The van der Waals surface area contributed by atoms with Crippen LogP contribution in [0.4, 0.5) is 13.2 Å². The molecule has 1 N–H and O–H groups in total. The van der Waals surface area contributed by atoms with Crippen LogP contribution in [0.2, 0.25) is 0 Å². The first-order valence-corrected chi connectivity index (χ1v) is 8.13. The smallest absolute Gasteiger partial charge is 0.253 e. The van der Waals surface area contributed by atoms with E-state index in [0.717, 1.165) is 12.1 Å². The van der Waals surface area contributed by atoms with Gasteiger partial charge in [0.1, 0.15) is 5.82 Å². The van der Waals surface area contributed by atoms with E-state index >= 15 is 0 Å². The molecule has 0 radical (unpaired) electrons. The monoisotopic (exact) mass is 349 g/mol. The molecule has 1 heterocycles. The van der Waals surface area contributed by atoms with Crippen molar-refractivity contribution in [2.45, 2.75) is 18.9 Å². The molecule has 132 valence electrons. The van der Waals surface area contributed by atoms with E-state index in [0.29, 0.717) is 31.5 Å². The number of hydrogen-bond donors (Lipinski definition) is 1. The Kier molecular flexibility index (Phi) is 5.08. The first-order chi connectivity index (χ1) is 12.0. The minimum absolute atomic E-state index is 0.0422. The Hall–Kier alpha value is -2.34. The molecule has 0 bridgehead atoms. The molecule has 1 saturated heterocycles. The summed E-state index contributed by atoms with van der Waals surface area (Å²) >= 11 is 0. The third-order valence-corrected chi connectivity index (χ3v) is 4.65. The van der Waals surface area contributed by atoms with Crippen LogP contribution in [0.3, 0.4) is 0 Å². The molecule has 1 aliphatic rings. The second kappa shape index (κ2) is 7.27. The quantitative estimate of drug-likeness (QED) is 0.918. The Morgan fingerprint density at radius 1 is 1.00 bits per heavy atom. The van der Waals surface area contributed by atoms with E-state index < -0.39 is 17.7 Å². The van der Waals surface area contributed by atoms with Gasteiger partial charge in [-0.1, -0.05) is 12.1 Å². The molecule has 3 rings (SSSR count). The van der Waals surface area contributed by atoms with Gasteiger partial charge in [0.05, 0.1) is 6.10 Å². The van der Waals surface area contributed by atoms with Crippen LogP contribution < -0.4 is 0 Å². The van der Waals surface area contributed by atoms with Crippen molar-refractivity contribution < 1.29 is 23.1 Å². The zero-order valence-corrected chi connectivity index (χ0v) is 13.5. The molecule has 0 aliphatic carbocycles. The van der Waals surface area contributed by atoms with Crippen molar-refractivity contribution in [1.29, 1.82) is 0 Å². The Morgan fingerprint density at radius 3 is 2.24 bits per heavy atom. The fourth-order valence-corrected chi connectivity index (χ4v) is 3.16. The molecule has 0 aromatic heterocycles. The van der Waals surface area contributed by atoms with Crippen LogP contribution in [0, 0.1) is 23.4 Å². The second-order valence-electron chi connectivity index (χ2n) is 6.25. The van der Waals surface area contributed by atoms with Gasteiger partial charge in [0.2, 0.25) is 0 Å². The van der Waals surface area contributed by atoms with Crippen LogP contribution >= 0.6 is 0 Å². The molecule has 0 spiro atoms. The molecule has 6 heteroatoms. The van der Waals surface area contributed by atoms with E-state index in [1.54, 1.807) is 17.0 Å². The SMILES string of the molecule is O=C(c1ccc(F)c(F)c1)N1CCC(C(O)c2ccc(F)cc2)CC1. The maximum absolute atomic E-state index is 13.3. The van der Waals surface area contributed by atoms with Gasteiger partial charge in [0, 0.05) is 18.7 Å². The van der Waals surface area contributed by atoms with Gasteiger partial charge in [0.15, 0.2) is 11.6 Å². The number of nitrogens with zero attached hydrogens (tertiary/aromatic N) is 1. The molecule has 25 heavy (non-hydrogen) atoms. The largest absolute Gasteiger partial charge is 0.388 e. The lowest BCUT2D eigenvalue weighted by Gasteiger charge is -2.34. The highest BCUT2D eigenvalue weighted by atomic mass is 19.2. The average molecular weight is 349 g/mol. The Morgan fingerprint density at radius 2 is 1.64 bits per heavy atom. The van der Waals surface area contributed by atoms with Gasteiger partial charge >= 0.3 is 0 Å². The molecule has 3 nitrogen and oxygen atoms in total. The predicted molar refractivity (Wildman–Crippen MR) is 86.3 cm³/mol. The maximum Gasteiger partial charge on any atom is 0.253 e. The number of carbonyl (C=O) groups excluding carboxylic acids is 1. The topological polar surface area (TPSA) is 40.5 Å². The van der Waals surface area contributed by atoms with Gasteiger partial charge in [-0.3, -0.25) is 4.79 Å². The van der Waals surface area contributed by atoms with Gasteiger partial charge < -0.3 is 10.0 Å². The minimum atomic E-state index is -1.05. The second-order valence-corrected chi connectivity index (χ2v) is 6.25. The van der Waals surface area contributed by atoms with E-state index in [9.17, 15) is 23.1 Å². The van der Waals surface area contributed by atoms with E-state index in [1.807, 2.05) is 0 Å². The number of benzene rings is 2. The summed E-state index contributed by atoms with van der Waals surface area (Å²) in [7, 11) is 0. The molecule has 0 saturated carbocycles. The van der Waals surface area contributed by atoms with Crippen molar-refractivity contribution in [3.8, 4) is 0 Å². The van der Waals surface area contributed by atoms with Gasteiger partial charge in [-0.25, -0.2) is 13.2 Å². The number of carbonyl (C=O) groups is 1. The van der Waals surface area contributed by atoms with Crippen LogP contribution in [0.15, 0.2) is 42.5 Å². The molecule has 1 amide bonds. The molecule has 1 atom stereocenters. The highest BCUT2D eigenvalue weighted by molar-refractivity contribution is 5.94. The minimum Gasteiger partial charge on any atom is -0.388 e. The van der Waals surface area contributed by atoms with Crippen molar-refractivity contribution in [2.75, 3.05) is 13.1 Å². The number of rotatable bonds is 3. The van der Waals surface area contributed by atoms with Crippen molar-refractivity contribution >= 4 is 5.91 Å². The molecule has 1 fully saturated rings. The number of aliphatic hydroxyl groups is 1. The van der Waals surface area contributed by atoms with Crippen LogP contribution in [-0.4, -0.2) is 29.0 Å². The first-order valence-electron chi connectivity index (χ1n) is 8.13. The zero-order valence-electron chi connectivity index (χ0n) is 13.5. The fraction of sp³-hybridized carbons (Fsp3) is 0.316. The van der Waals surface area contributed by atoms with Crippen molar-refractivity contribution in [3.63, 3.8) is 0 Å². The molecular weight excluding hydrogens is 331 g/mol. The summed E-state index contributed by atoms with van der Waals surface area (Å²) < 4.78 is 39.2. The summed E-state index contributed by atoms with van der Waals surface area (Å²) in [6.45, 7) is 0.835. The van der Waals surface area contributed by atoms with Crippen LogP contribution in [0.5, 0.6) is 0 Å². The third kappa shape index (κ3) is 3.85. The van der Waals surface area contributed by atoms with Crippen molar-refractivity contribution in [3.05, 3.63) is 71.0 Å². The van der Waals surface area contributed by atoms with E-state index in [2.05, 4.69) is 0 Å². The van der Waals surface area contributed by atoms with Crippen LogP contribution in [0.1, 0.15) is 34.9 Å². The van der Waals surface area contributed by atoms with Gasteiger partial charge in [0.25, 0.3) is 5.91 Å². The third-order valence-electron chi connectivity index (χ3n) is 4.65. The zero-order chi connectivity index (χ0) is 18.0. The van der Waals surface area contributed by atoms with E-state index in [4.69, 9.17) is 0 Å². The number of piperidine rings is 1. The lowest BCUT2D eigenvalue weighted by atomic mass is 9.87. The van der Waals surface area contributed by atoms with Crippen LogP contribution in [0.25, 0.3) is 0 Å². The summed E-state index contributed by atoms with van der Waals surface area (Å²) in [6, 6.07) is 8.82. The maximum atomic E-state index is 13.3. The van der Waals surface area contributed by atoms with Crippen molar-refractivity contribution in [2.24, 2.45) is 5.92 Å². The normalized spacial score (nSPS) is 16.7. The highest BCUT2D eigenvalue weighted by Gasteiger charge is 2.29. The number of aliphatic hydroxyl groups excluding tert-OH is 1. The summed E-state index contributed by atoms with van der Waals surface area (Å²) in [5, 5.41) is 10.4. The number of amides is 1. The number of hydrogen-bond acceptors (Lipinski definition) is 2. The van der Waals surface area contributed by atoms with Crippen molar-refractivity contribution in [1.82, 2.24) is 4.90 Å². The predicted octanol–water partition coefficient (Wildman–Crippen LogP) is 3.69. The summed E-state index contributed by atoms with van der Waals surface area (Å²) in [5.74, 6) is -2.79. The average Bonchev–Trinajstić information content (AvgIpc) is 2.63. The number of halogens is 3. The Bertz CT molecular complexity index is 756. The fourth-order valence-electron chi connectivity index (χ4n) is 3.16. The molecular formula is C19H18F3NO2.